The second-order valence-electron chi connectivity index (χ2n) is 3.24. The normalized spacial score (nSPS) is 11.9. The van der Waals surface area contributed by atoms with E-state index < -0.39 is 6.04 Å². The number of amides is 1. The van der Waals surface area contributed by atoms with Crippen molar-refractivity contribution in [1.82, 2.24) is 0 Å². The number of carbonyl (C=O) groups excluding carboxylic acids is 2. The minimum atomic E-state index is -0.490. The summed E-state index contributed by atoms with van der Waals surface area (Å²) in [6.07, 6.45) is 1.35. The first-order chi connectivity index (χ1) is 7.17. The van der Waals surface area contributed by atoms with Crippen molar-refractivity contribution in [2.24, 2.45) is 5.73 Å². The summed E-state index contributed by atoms with van der Waals surface area (Å²) >= 11 is 0. The van der Waals surface area contributed by atoms with Crippen LogP contribution in [-0.2, 0) is 4.79 Å². The van der Waals surface area contributed by atoms with Crippen LogP contribution in [0.1, 0.15) is 23.7 Å². The minimum absolute atomic E-state index is 0.212. The fraction of sp³-hybridized carbons (Fsp3) is 0.273. The third kappa shape index (κ3) is 3.18. The van der Waals surface area contributed by atoms with Gasteiger partial charge in [0.1, 0.15) is 6.29 Å². The first-order valence-corrected chi connectivity index (χ1v) is 4.79. The summed E-state index contributed by atoms with van der Waals surface area (Å²) in [6.45, 7) is 1.85. The van der Waals surface area contributed by atoms with Gasteiger partial charge in [-0.2, -0.15) is 0 Å². The first-order valence-electron chi connectivity index (χ1n) is 4.79. The molecule has 4 nitrogen and oxygen atoms in total. The zero-order valence-electron chi connectivity index (χ0n) is 8.57. The third-order valence-electron chi connectivity index (χ3n) is 2.09. The molecule has 0 bridgehead atoms. The Labute approximate surface area is 88.5 Å². The van der Waals surface area contributed by atoms with Crippen LogP contribution in [0.5, 0.6) is 0 Å². The van der Waals surface area contributed by atoms with Crippen LogP contribution in [0.2, 0.25) is 0 Å². The molecule has 0 fully saturated rings. The smallest absolute Gasteiger partial charge is 0.241 e. The van der Waals surface area contributed by atoms with E-state index in [0.717, 1.165) is 6.29 Å². The van der Waals surface area contributed by atoms with Crippen LogP contribution in [0.25, 0.3) is 0 Å². The number of hydrogen-bond donors (Lipinski definition) is 2. The maximum Gasteiger partial charge on any atom is 0.241 e. The van der Waals surface area contributed by atoms with Crippen LogP contribution < -0.4 is 11.1 Å². The van der Waals surface area contributed by atoms with Gasteiger partial charge in [0.15, 0.2) is 0 Å². The molecule has 0 heterocycles. The molecule has 1 aromatic carbocycles. The predicted octanol–water partition coefficient (Wildman–Crippen LogP) is 1.17. The van der Waals surface area contributed by atoms with Crippen LogP contribution in [-0.4, -0.2) is 18.2 Å². The molecule has 1 amide bonds. The number of nitrogens with one attached hydrogen (secondary N) is 1. The number of carbonyl (C=O) groups is 2. The van der Waals surface area contributed by atoms with Gasteiger partial charge in [-0.05, 0) is 30.7 Å². The van der Waals surface area contributed by atoms with Crippen molar-refractivity contribution < 1.29 is 9.59 Å². The van der Waals surface area contributed by atoms with E-state index >= 15 is 0 Å². The van der Waals surface area contributed by atoms with Gasteiger partial charge in [0.2, 0.25) is 5.91 Å². The average Bonchev–Trinajstić information content (AvgIpc) is 2.29. The summed E-state index contributed by atoms with van der Waals surface area (Å²) in [5, 5.41) is 2.66. The molecule has 80 valence electrons. The fourth-order valence-corrected chi connectivity index (χ4v) is 1.07. The molecule has 1 aromatic rings. The Morgan fingerprint density at radius 3 is 2.53 bits per heavy atom. The highest BCUT2D eigenvalue weighted by Gasteiger charge is 2.10. The Bertz CT molecular complexity index is 346. The molecule has 1 rings (SSSR count). The molecule has 1 atom stereocenters. The molecule has 0 aromatic heterocycles. The third-order valence-corrected chi connectivity index (χ3v) is 2.09. The van der Waals surface area contributed by atoms with E-state index in [1.165, 1.54) is 0 Å². The second-order valence-corrected chi connectivity index (χ2v) is 3.24. The van der Waals surface area contributed by atoms with Crippen molar-refractivity contribution in [2.75, 3.05) is 5.32 Å². The lowest BCUT2D eigenvalue weighted by atomic mass is 10.2. The van der Waals surface area contributed by atoms with Crippen molar-refractivity contribution in [3.8, 4) is 0 Å². The lowest BCUT2D eigenvalue weighted by Crippen LogP contribution is -2.34. The molecule has 1 unspecified atom stereocenters. The maximum atomic E-state index is 11.4. The van der Waals surface area contributed by atoms with E-state index in [9.17, 15) is 9.59 Å². The van der Waals surface area contributed by atoms with Gasteiger partial charge >= 0.3 is 0 Å². The van der Waals surface area contributed by atoms with E-state index in [0.29, 0.717) is 17.7 Å². The molecule has 4 heteroatoms. The van der Waals surface area contributed by atoms with Gasteiger partial charge in [-0.3, -0.25) is 9.59 Å². The van der Waals surface area contributed by atoms with Crippen molar-refractivity contribution in [3.05, 3.63) is 29.8 Å². The van der Waals surface area contributed by atoms with Crippen LogP contribution in [0, 0.1) is 0 Å². The summed E-state index contributed by atoms with van der Waals surface area (Å²) in [6, 6.07) is 6.13. The Balaban J connectivity index is 2.65. The first kappa shape index (κ1) is 11.4. The molecule has 0 spiro atoms. The molecule has 0 aliphatic heterocycles. The summed E-state index contributed by atoms with van der Waals surface area (Å²) < 4.78 is 0. The van der Waals surface area contributed by atoms with Gasteiger partial charge in [0, 0.05) is 11.3 Å². The summed E-state index contributed by atoms with van der Waals surface area (Å²) in [4.78, 5) is 21.8. The number of aldehydes is 1. The summed E-state index contributed by atoms with van der Waals surface area (Å²) in [7, 11) is 0. The summed E-state index contributed by atoms with van der Waals surface area (Å²) in [5.41, 5.74) is 6.78. The number of nitrogens with two attached hydrogens (primary N) is 1. The maximum absolute atomic E-state index is 11.4. The molecular formula is C11H14N2O2. The van der Waals surface area contributed by atoms with Crippen LogP contribution in [0.3, 0.4) is 0 Å². The van der Waals surface area contributed by atoms with Crippen LogP contribution in [0.4, 0.5) is 5.69 Å². The van der Waals surface area contributed by atoms with E-state index in [4.69, 9.17) is 5.73 Å². The fourth-order valence-electron chi connectivity index (χ4n) is 1.07. The van der Waals surface area contributed by atoms with Crippen LogP contribution >= 0.6 is 0 Å². The molecule has 15 heavy (non-hydrogen) atoms. The molecule has 0 aliphatic carbocycles. The standard InChI is InChI=1S/C11H14N2O2/c1-2-10(12)11(15)13-9-5-3-8(7-14)4-6-9/h3-7,10H,2,12H2,1H3,(H,13,15). The van der Waals surface area contributed by atoms with E-state index in [1.807, 2.05) is 6.92 Å². The number of benzene rings is 1. The Morgan fingerprint density at radius 1 is 1.47 bits per heavy atom. The molecule has 3 N–H and O–H groups in total. The van der Waals surface area contributed by atoms with E-state index in [2.05, 4.69) is 5.32 Å². The van der Waals surface area contributed by atoms with Gasteiger partial charge < -0.3 is 11.1 Å². The number of hydrogen-bond acceptors (Lipinski definition) is 3. The topological polar surface area (TPSA) is 72.2 Å². The van der Waals surface area contributed by atoms with E-state index in [-0.39, 0.29) is 5.91 Å². The molecule has 0 aliphatic rings. The van der Waals surface area contributed by atoms with Gasteiger partial charge in [-0.25, -0.2) is 0 Å². The molecule has 0 radical (unpaired) electrons. The van der Waals surface area contributed by atoms with Gasteiger partial charge in [-0.1, -0.05) is 6.92 Å². The number of anilines is 1. The van der Waals surface area contributed by atoms with Crippen molar-refractivity contribution in [1.29, 1.82) is 0 Å². The highest BCUT2D eigenvalue weighted by Crippen LogP contribution is 2.08. The Hall–Kier alpha value is -1.68. The van der Waals surface area contributed by atoms with Crippen molar-refractivity contribution >= 4 is 17.9 Å². The van der Waals surface area contributed by atoms with E-state index in [1.54, 1.807) is 24.3 Å². The second kappa shape index (κ2) is 5.26. The predicted molar refractivity (Wildman–Crippen MR) is 58.7 cm³/mol. The average molecular weight is 206 g/mol. The molecule has 0 saturated heterocycles. The molecule has 0 saturated carbocycles. The Kier molecular flexibility index (Phi) is 4.00. The molecular weight excluding hydrogens is 192 g/mol. The van der Waals surface area contributed by atoms with Crippen molar-refractivity contribution in [3.63, 3.8) is 0 Å². The lowest BCUT2D eigenvalue weighted by Gasteiger charge is -2.09. The lowest BCUT2D eigenvalue weighted by molar-refractivity contribution is -0.117. The largest absolute Gasteiger partial charge is 0.325 e. The number of rotatable bonds is 4. The highest BCUT2D eigenvalue weighted by molar-refractivity contribution is 5.94. The van der Waals surface area contributed by atoms with Crippen LogP contribution in [0.15, 0.2) is 24.3 Å². The summed E-state index contributed by atoms with van der Waals surface area (Å²) in [5.74, 6) is -0.212. The highest BCUT2D eigenvalue weighted by atomic mass is 16.2. The quantitative estimate of drug-likeness (QED) is 0.726. The van der Waals surface area contributed by atoms with Gasteiger partial charge in [0.05, 0.1) is 6.04 Å². The van der Waals surface area contributed by atoms with Gasteiger partial charge in [0.25, 0.3) is 0 Å². The van der Waals surface area contributed by atoms with Gasteiger partial charge in [-0.15, -0.1) is 0 Å². The SMILES string of the molecule is CCC(N)C(=O)Nc1ccc(C=O)cc1. The Morgan fingerprint density at radius 2 is 2.07 bits per heavy atom. The minimum Gasteiger partial charge on any atom is -0.325 e. The zero-order valence-corrected chi connectivity index (χ0v) is 8.57. The van der Waals surface area contributed by atoms with Crippen molar-refractivity contribution in [2.45, 2.75) is 19.4 Å². The zero-order chi connectivity index (χ0) is 11.3. The monoisotopic (exact) mass is 206 g/mol.